The molecule has 6 heteroatoms. The summed E-state index contributed by atoms with van der Waals surface area (Å²) in [6.45, 7) is 7.57. The summed E-state index contributed by atoms with van der Waals surface area (Å²) in [4.78, 5) is 1.04. The van der Waals surface area contributed by atoms with Gasteiger partial charge in [-0.1, -0.05) is 20.3 Å². The predicted octanol–water partition coefficient (Wildman–Crippen LogP) is 2.32. The van der Waals surface area contributed by atoms with Gasteiger partial charge >= 0.3 is 0 Å². The van der Waals surface area contributed by atoms with Crippen molar-refractivity contribution in [2.45, 2.75) is 50.4 Å². The third-order valence-electron chi connectivity index (χ3n) is 2.53. The first-order valence-corrected chi connectivity index (χ1v) is 8.61. The van der Waals surface area contributed by atoms with E-state index in [0.29, 0.717) is 4.21 Å². The number of hydrogen-bond acceptors (Lipinski definition) is 4. The molecule has 0 fully saturated rings. The molecule has 0 amide bonds. The molecule has 0 aromatic carbocycles. The Bertz CT molecular complexity index is 454. The lowest BCUT2D eigenvalue weighted by atomic mass is 10.2. The summed E-state index contributed by atoms with van der Waals surface area (Å²) < 4.78 is 27.3. The molecule has 4 nitrogen and oxygen atoms in total. The molecule has 0 bridgehead atoms. The minimum absolute atomic E-state index is 0.0145. The van der Waals surface area contributed by atoms with E-state index in [4.69, 9.17) is 0 Å². The second kappa shape index (κ2) is 7.23. The Morgan fingerprint density at radius 3 is 2.67 bits per heavy atom. The van der Waals surface area contributed by atoms with Gasteiger partial charge in [-0.25, -0.2) is 13.1 Å². The van der Waals surface area contributed by atoms with Crippen LogP contribution in [0.4, 0.5) is 0 Å². The van der Waals surface area contributed by atoms with E-state index in [-0.39, 0.29) is 6.04 Å². The molecule has 104 valence electrons. The Kier molecular flexibility index (Phi) is 6.28. The first kappa shape index (κ1) is 15.6. The van der Waals surface area contributed by atoms with Crippen molar-refractivity contribution >= 4 is 21.4 Å². The molecule has 18 heavy (non-hydrogen) atoms. The largest absolute Gasteiger partial charge is 0.312 e. The summed E-state index contributed by atoms with van der Waals surface area (Å²) in [5.41, 5.74) is 0. The molecule has 0 aliphatic rings. The minimum Gasteiger partial charge on any atom is -0.312 e. The van der Waals surface area contributed by atoms with E-state index < -0.39 is 10.0 Å². The fourth-order valence-electron chi connectivity index (χ4n) is 1.66. The average molecular weight is 290 g/mol. The van der Waals surface area contributed by atoms with E-state index in [9.17, 15) is 8.42 Å². The lowest BCUT2D eigenvalue weighted by Gasteiger charge is -2.11. The third kappa shape index (κ3) is 4.68. The molecular formula is C12H22N2O2S2. The third-order valence-corrected chi connectivity index (χ3v) is 5.70. The Morgan fingerprint density at radius 2 is 2.06 bits per heavy atom. The maximum atomic E-state index is 12.1. The highest BCUT2D eigenvalue weighted by Gasteiger charge is 2.18. The highest BCUT2D eigenvalue weighted by Crippen LogP contribution is 2.21. The van der Waals surface area contributed by atoms with Crippen molar-refractivity contribution in [2.75, 3.05) is 6.54 Å². The summed E-state index contributed by atoms with van der Waals surface area (Å²) in [6, 6.07) is 3.53. The Labute approximate surface area is 114 Å². The first-order chi connectivity index (χ1) is 8.49. The van der Waals surface area contributed by atoms with Crippen LogP contribution >= 0.6 is 11.3 Å². The summed E-state index contributed by atoms with van der Waals surface area (Å²) in [6.07, 6.45) is 1.83. The lowest BCUT2D eigenvalue weighted by Crippen LogP contribution is -2.31. The molecular weight excluding hydrogens is 268 g/mol. The van der Waals surface area contributed by atoms with Gasteiger partial charge in [0.15, 0.2) is 0 Å². The van der Waals surface area contributed by atoms with Gasteiger partial charge in [0.2, 0.25) is 10.0 Å². The monoisotopic (exact) mass is 290 g/mol. The van der Waals surface area contributed by atoms with E-state index >= 15 is 0 Å². The van der Waals surface area contributed by atoms with E-state index in [1.165, 1.54) is 11.3 Å². The molecule has 1 heterocycles. The molecule has 0 spiro atoms. The fourth-order valence-corrected chi connectivity index (χ4v) is 4.28. The van der Waals surface area contributed by atoms with Crippen LogP contribution in [0.15, 0.2) is 16.3 Å². The van der Waals surface area contributed by atoms with E-state index in [1.807, 2.05) is 26.8 Å². The highest BCUT2D eigenvalue weighted by atomic mass is 32.2. The van der Waals surface area contributed by atoms with Crippen LogP contribution in [-0.2, 0) is 16.6 Å². The van der Waals surface area contributed by atoms with Gasteiger partial charge in [-0.05, 0) is 32.0 Å². The maximum Gasteiger partial charge on any atom is 0.250 e. The Morgan fingerprint density at radius 1 is 1.33 bits per heavy atom. The maximum absolute atomic E-state index is 12.1. The van der Waals surface area contributed by atoms with Crippen LogP contribution in [0.5, 0.6) is 0 Å². The molecule has 0 radical (unpaired) electrons. The van der Waals surface area contributed by atoms with Crippen LogP contribution in [0.2, 0.25) is 0 Å². The molecule has 0 aliphatic heterocycles. The smallest absolute Gasteiger partial charge is 0.250 e. The summed E-state index contributed by atoms with van der Waals surface area (Å²) in [7, 11) is -3.35. The topological polar surface area (TPSA) is 58.2 Å². The van der Waals surface area contributed by atoms with Crippen molar-refractivity contribution in [3.63, 3.8) is 0 Å². The van der Waals surface area contributed by atoms with Crippen molar-refractivity contribution in [1.29, 1.82) is 0 Å². The molecule has 1 atom stereocenters. The normalized spacial score (nSPS) is 13.7. The van der Waals surface area contributed by atoms with Gasteiger partial charge in [-0.2, -0.15) is 0 Å². The molecule has 1 aromatic heterocycles. The lowest BCUT2D eigenvalue weighted by molar-refractivity contribution is 0.545. The van der Waals surface area contributed by atoms with Gasteiger partial charge in [0.05, 0.1) is 0 Å². The van der Waals surface area contributed by atoms with Gasteiger partial charge in [-0.15, -0.1) is 11.3 Å². The standard InChI is InChI=1S/C12H22N2O2S2/c1-4-6-10(3)14-18(15,16)12-8-7-11(17-12)9-13-5-2/h7-8,10,13-14H,4-6,9H2,1-3H3. The second-order valence-corrected chi connectivity index (χ2v) is 7.42. The summed E-state index contributed by atoms with van der Waals surface area (Å²) in [5.74, 6) is 0. The van der Waals surface area contributed by atoms with Crippen LogP contribution in [-0.4, -0.2) is 21.0 Å². The van der Waals surface area contributed by atoms with Crippen molar-refractivity contribution < 1.29 is 8.42 Å². The Balaban J connectivity index is 2.69. The van der Waals surface area contributed by atoms with E-state index in [0.717, 1.165) is 30.8 Å². The molecule has 1 rings (SSSR count). The fraction of sp³-hybridized carbons (Fsp3) is 0.667. The van der Waals surface area contributed by atoms with Gasteiger partial charge < -0.3 is 5.32 Å². The number of rotatable bonds is 8. The van der Waals surface area contributed by atoms with Gasteiger partial charge in [0.25, 0.3) is 0 Å². The van der Waals surface area contributed by atoms with Gasteiger partial charge in [0.1, 0.15) is 4.21 Å². The number of sulfonamides is 1. The van der Waals surface area contributed by atoms with Crippen LogP contribution in [0, 0.1) is 0 Å². The zero-order valence-electron chi connectivity index (χ0n) is 11.2. The summed E-state index contributed by atoms with van der Waals surface area (Å²) >= 11 is 1.33. The molecule has 0 aliphatic carbocycles. The van der Waals surface area contributed by atoms with Gasteiger partial charge in [0, 0.05) is 17.5 Å². The molecule has 1 unspecified atom stereocenters. The van der Waals surface area contributed by atoms with Crippen molar-refractivity contribution in [1.82, 2.24) is 10.0 Å². The number of thiophene rings is 1. The second-order valence-electron chi connectivity index (χ2n) is 4.31. The van der Waals surface area contributed by atoms with Crippen LogP contribution in [0.3, 0.4) is 0 Å². The predicted molar refractivity (Wildman–Crippen MR) is 76.4 cm³/mol. The van der Waals surface area contributed by atoms with Crippen LogP contribution in [0.1, 0.15) is 38.5 Å². The van der Waals surface area contributed by atoms with Crippen molar-refractivity contribution in [3.8, 4) is 0 Å². The Hall–Kier alpha value is -0.430. The number of nitrogens with one attached hydrogen (secondary N) is 2. The SMILES string of the molecule is CCCC(C)NS(=O)(=O)c1ccc(CNCC)s1. The molecule has 1 aromatic rings. The molecule has 0 saturated heterocycles. The number of hydrogen-bond donors (Lipinski definition) is 2. The first-order valence-electron chi connectivity index (χ1n) is 6.31. The minimum atomic E-state index is -3.35. The highest BCUT2D eigenvalue weighted by molar-refractivity contribution is 7.91. The zero-order valence-corrected chi connectivity index (χ0v) is 12.8. The average Bonchev–Trinajstić information content (AvgIpc) is 2.75. The summed E-state index contributed by atoms with van der Waals surface area (Å²) in [5, 5.41) is 3.19. The molecule has 2 N–H and O–H groups in total. The van der Waals surface area contributed by atoms with Crippen molar-refractivity contribution in [2.24, 2.45) is 0 Å². The van der Waals surface area contributed by atoms with Gasteiger partial charge in [-0.3, -0.25) is 0 Å². The van der Waals surface area contributed by atoms with E-state index in [1.54, 1.807) is 6.07 Å². The van der Waals surface area contributed by atoms with Crippen molar-refractivity contribution in [3.05, 3.63) is 17.0 Å². The van der Waals surface area contributed by atoms with Crippen LogP contribution < -0.4 is 10.0 Å². The van der Waals surface area contributed by atoms with Crippen LogP contribution in [0.25, 0.3) is 0 Å². The van der Waals surface area contributed by atoms with E-state index in [2.05, 4.69) is 10.0 Å². The quantitative estimate of drug-likeness (QED) is 0.772. The molecule has 0 saturated carbocycles. The zero-order chi connectivity index (χ0) is 13.6.